The van der Waals surface area contributed by atoms with Crippen molar-refractivity contribution in [1.29, 1.82) is 0 Å². The lowest BCUT2D eigenvalue weighted by atomic mass is 9.95. The number of nitrogens with zero attached hydrogens (tertiary/aromatic N) is 2. The third-order valence-corrected chi connectivity index (χ3v) is 7.39. The molecule has 8 nitrogen and oxygen atoms in total. The van der Waals surface area contributed by atoms with Gasteiger partial charge in [-0.25, -0.2) is 4.79 Å². The van der Waals surface area contributed by atoms with Crippen molar-refractivity contribution < 1.29 is 19.1 Å². The Morgan fingerprint density at radius 2 is 1.70 bits per heavy atom. The Balaban J connectivity index is 1.39. The minimum Gasteiger partial charge on any atom is -0.492 e. The van der Waals surface area contributed by atoms with Gasteiger partial charge in [-0.15, -0.1) is 0 Å². The summed E-state index contributed by atoms with van der Waals surface area (Å²) in [5.74, 6) is 0.165. The fourth-order valence-electron chi connectivity index (χ4n) is 5.16. The second-order valence-corrected chi connectivity index (χ2v) is 10.1. The van der Waals surface area contributed by atoms with Crippen LogP contribution in [0.2, 0.25) is 5.02 Å². The second kappa shape index (κ2) is 12.3. The van der Waals surface area contributed by atoms with E-state index in [1.165, 1.54) is 0 Å². The lowest BCUT2D eigenvalue weighted by molar-refractivity contribution is -0.136. The second-order valence-electron chi connectivity index (χ2n) is 9.63. The minimum atomic E-state index is -0.781. The third kappa shape index (κ3) is 5.82. The van der Waals surface area contributed by atoms with Gasteiger partial charge in [0.25, 0.3) is 5.91 Å². The summed E-state index contributed by atoms with van der Waals surface area (Å²) in [6.45, 7) is 2.98. The van der Waals surface area contributed by atoms with E-state index in [4.69, 9.17) is 16.3 Å². The van der Waals surface area contributed by atoms with E-state index in [2.05, 4.69) is 10.6 Å². The first-order chi connectivity index (χ1) is 19.5. The van der Waals surface area contributed by atoms with E-state index in [9.17, 15) is 14.4 Å². The summed E-state index contributed by atoms with van der Waals surface area (Å²) in [7, 11) is 0. The van der Waals surface area contributed by atoms with Crippen molar-refractivity contribution in [1.82, 2.24) is 20.4 Å². The van der Waals surface area contributed by atoms with Gasteiger partial charge in [-0.05, 0) is 42.3 Å². The highest BCUT2D eigenvalue weighted by Crippen LogP contribution is 2.37. The van der Waals surface area contributed by atoms with Gasteiger partial charge in [-0.1, -0.05) is 72.3 Å². The molecule has 40 heavy (non-hydrogen) atoms. The number of benzene rings is 3. The van der Waals surface area contributed by atoms with Gasteiger partial charge >= 0.3 is 6.03 Å². The van der Waals surface area contributed by atoms with Crippen LogP contribution in [0.4, 0.5) is 4.79 Å². The lowest BCUT2D eigenvalue weighted by Crippen LogP contribution is -2.50. The number of ether oxygens (including phenoxy) is 1. The van der Waals surface area contributed by atoms with Crippen molar-refractivity contribution in [3.8, 4) is 5.75 Å². The summed E-state index contributed by atoms with van der Waals surface area (Å²) >= 11 is 6.09. The van der Waals surface area contributed by atoms with Crippen LogP contribution in [0.3, 0.4) is 0 Å². The van der Waals surface area contributed by atoms with E-state index < -0.39 is 12.1 Å². The molecule has 2 N–H and O–H groups in total. The van der Waals surface area contributed by atoms with Gasteiger partial charge in [0, 0.05) is 18.0 Å². The summed E-state index contributed by atoms with van der Waals surface area (Å²) in [6, 6.07) is 24.3. The summed E-state index contributed by atoms with van der Waals surface area (Å²) in [5.41, 5.74) is 2.77. The van der Waals surface area contributed by atoms with Crippen LogP contribution < -0.4 is 15.4 Å². The molecule has 2 heterocycles. The maximum atomic E-state index is 14.1. The normalized spacial score (nSPS) is 17.4. The number of rotatable bonds is 10. The highest BCUT2D eigenvalue weighted by atomic mass is 35.5. The van der Waals surface area contributed by atoms with Gasteiger partial charge in [0.15, 0.2) is 0 Å². The number of para-hydroxylation sites is 1. The standard InChI is InChI=1S/C31H31ClN4O4/c1-2-35-26-20-36(30(38)27(26)28(34-31(35)39)22-13-15-23(32)16-14-22)25(19-21-9-5-3-6-10-21)29(37)33-17-18-40-24-11-7-4-8-12-24/h3-16,25,28H,2,17-20H2,1H3,(H,33,37)(H,34,39)/t25-,28-/m1/s1. The van der Waals surface area contributed by atoms with Gasteiger partial charge in [0.2, 0.25) is 5.91 Å². The van der Waals surface area contributed by atoms with Crippen molar-refractivity contribution in [3.63, 3.8) is 0 Å². The molecule has 0 fully saturated rings. The molecule has 0 saturated carbocycles. The van der Waals surface area contributed by atoms with Gasteiger partial charge in [0.05, 0.1) is 30.4 Å². The number of hydrogen-bond acceptors (Lipinski definition) is 4. The van der Waals surface area contributed by atoms with Crippen LogP contribution in [0.1, 0.15) is 24.1 Å². The van der Waals surface area contributed by atoms with Gasteiger partial charge in [-0.2, -0.15) is 0 Å². The Kier molecular flexibility index (Phi) is 8.36. The number of amides is 4. The van der Waals surface area contributed by atoms with E-state index in [-0.39, 0.29) is 37.5 Å². The molecular formula is C31H31ClN4O4. The number of hydrogen-bond donors (Lipinski definition) is 2. The zero-order valence-corrected chi connectivity index (χ0v) is 22.9. The van der Waals surface area contributed by atoms with Crippen molar-refractivity contribution >= 4 is 29.4 Å². The molecule has 2 aliphatic heterocycles. The Labute approximate surface area is 238 Å². The molecule has 0 bridgehead atoms. The number of likely N-dealkylation sites (N-methyl/N-ethyl adjacent to an activating group) is 1. The van der Waals surface area contributed by atoms with Crippen LogP contribution in [0.25, 0.3) is 0 Å². The molecule has 3 aromatic rings. The third-order valence-electron chi connectivity index (χ3n) is 7.13. The Hall–Kier alpha value is -4.30. The highest BCUT2D eigenvalue weighted by Gasteiger charge is 2.46. The Bertz CT molecular complexity index is 1400. The molecule has 0 saturated heterocycles. The fourth-order valence-corrected chi connectivity index (χ4v) is 5.29. The number of carbonyl (C=O) groups is 3. The predicted molar refractivity (Wildman–Crippen MR) is 153 cm³/mol. The minimum absolute atomic E-state index is 0.158. The molecule has 0 spiro atoms. The topological polar surface area (TPSA) is 91.0 Å². The molecular weight excluding hydrogens is 528 g/mol. The smallest absolute Gasteiger partial charge is 0.322 e. The predicted octanol–water partition coefficient (Wildman–Crippen LogP) is 4.33. The van der Waals surface area contributed by atoms with Gasteiger partial charge in [0.1, 0.15) is 18.4 Å². The van der Waals surface area contributed by atoms with Crippen molar-refractivity contribution in [2.45, 2.75) is 25.4 Å². The van der Waals surface area contributed by atoms with Crippen LogP contribution in [0.5, 0.6) is 5.75 Å². The first-order valence-electron chi connectivity index (χ1n) is 13.3. The number of nitrogens with one attached hydrogen (secondary N) is 2. The van der Waals surface area contributed by atoms with E-state index in [0.717, 1.165) is 11.1 Å². The summed E-state index contributed by atoms with van der Waals surface area (Å²) in [5, 5.41) is 6.48. The molecule has 3 aromatic carbocycles. The summed E-state index contributed by atoms with van der Waals surface area (Å²) in [4.78, 5) is 43.9. The number of halogens is 1. The molecule has 0 unspecified atom stereocenters. The maximum Gasteiger partial charge on any atom is 0.322 e. The van der Waals surface area contributed by atoms with Crippen LogP contribution >= 0.6 is 11.6 Å². The van der Waals surface area contributed by atoms with Crippen molar-refractivity contribution in [3.05, 3.63) is 112 Å². The lowest BCUT2D eigenvalue weighted by Gasteiger charge is -2.32. The average molecular weight is 559 g/mol. The molecule has 0 aromatic heterocycles. The molecule has 9 heteroatoms. The van der Waals surface area contributed by atoms with E-state index >= 15 is 0 Å². The first-order valence-corrected chi connectivity index (χ1v) is 13.7. The quantitative estimate of drug-likeness (QED) is 0.362. The summed E-state index contributed by atoms with van der Waals surface area (Å²) < 4.78 is 5.72. The van der Waals surface area contributed by atoms with E-state index in [1.54, 1.807) is 34.1 Å². The highest BCUT2D eigenvalue weighted by molar-refractivity contribution is 6.30. The van der Waals surface area contributed by atoms with Crippen LogP contribution in [0, 0.1) is 0 Å². The van der Waals surface area contributed by atoms with E-state index in [1.807, 2.05) is 67.6 Å². The molecule has 4 amide bonds. The van der Waals surface area contributed by atoms with Crippen molar-refractivity contribution in [2.75, 3.05) is 26.2 Å². The maximum absolute atomic E-state index is 14.1. The number of carbonyl (C=O) groups excluding carboxylic acids is 3. The van der Waals surface area contributed by atoms with Gasteiger partial charge in [-0.3, -0.25) is 14.5 Å². The van der Waals surface area contributed by atoms with Crippen LogP contribution in [-0.4, -0.2) is 59.9 Å². The van der Waals surface area contributed by atoms with Crippen molar-refractivity contribution in [2.24, 2.45) is 0 Å². The van der Waals surface area contributed by atoms with E-state index in [0.29, 0.717) is 35.0 Å². The average Bonchev–Trinajstić information content (AvgIpc) is 3.31. The first kappa shape index (κ1) is 27.3. The summed E-state index contributed by atoms with van der Waals surface area (Å²) in [6.07, 6.45) is 0.331. The van der Waals surface area contributed by atoms with Crippen LogP contribution in [-0.2, 0) is 16.0 Å². The monoisotopic (exact) mass is 558 g/mol. The molecule has 206 valence electrons. The number of urea groups is 1. The molecule has 2 atom stereocenters. The molecule has 2 aliphatic rings. The zero-order valence-electron chi connectivity index (χ0n) is 22.2. The molecule has 0 radical (unpaired) electrons. The fraction of sp³-hybridized carbons (Fsp3) is 0.258. The SMILES string of the molecule is CCN1C(=O)N[C@H](c2ccc(Cl)cc2)C2=C1CN([C@H](Cc1ccccc1)C(=O)NCCOc1ccccc1)C2=O. The molecule has 0 aliphatic carbocycles. The largest absolute Gasteiger partial charge is 0.492 e. The van der Waals surface area contributed by atoms with Gasteiger partial charge < -0.3 is 20.3 Å². The Morgan fingerprint density at radius 3 is 2.38 bits per heavy atom. The Morgan fingerprint density at radius 1 is 1.02 bits per heavy atom. The zero-order chi connectivity index (χ0) is 28.1. The van der Waals surface area contributed by atoms with Crippen LogP contribution in [0.15, 0.2) is 96.2 Å². The molecule has 5 rings (SSSR count).